The van der Waals surface area contributed by atoms with E-state index in [2.05, 4.69) is 10.3 Å². The number of hydrogen-bond donors (Lipinski definition) is 1. The number of nitrogens with one attached hydrogen (secondary N) is 1. The highest BCUT2D eigenvalue weighted by Gasteiger charge is 2.10. The van der Waals surface area contributed by atoms with Gasteiger partial charge in [-0.15, -0.1) is 0 Å². The third-order valence-electron chi connectivity index (χ3n) is 3.83. The number of amides is 1. The molecule has 1 heterocycles. The van der Waals surface area contributed by atoms with Gasteiger partial charge in [0, 0.05) is 24.6 Å². The molecular weight excluding hydrogens is 365 g/mol. The van der Waals surface area contributed by atoms with Gasteiger partial charge in [-0.25, -0.2) is 9.37 Å². The Labute approximate surface area is 160 Å². The van der Waals surface area contributed by atoms with E-state index in [1.165, 1.54) is 41.2 Å². The first-order valence-electron chi connectivity index (χ1n) is 8.40. The summed E-state index contributed by atoms with van der Waals surface area (Å²) >= 11 is 1.08. The van der Waals surface area contributed by atoms with Gasteiger partial charge in [-0.1, -0.05) is 42.1 Å². The van der Waals surface area contributed by atoms with Crippen LogP contribution in [-0.2, 0) is 11.2 Å². The second-order valence-electron chi connectivity index (χ2n) is 5.76. The fourth-order valence-electron chi connectivity index (χ4n) is 2.47. The second-order valence-corrected chi connectivity index (χ2v) is 6.72. The van der Waals surface area contributed by atoms with Gasteiger partial charge in [0.1, 0.15) is 5.82 Å². The lowest BCUT2D eigenvalue weighted by atomic mass is 10.1. The number of nitrogens with zero attached hydrogens (tertiary/aromatic N) is 2. The fraction of sp³-hybridized carbons (Fsp3) is 0.150. The number of thioether (sulfide) groups is 1. The summed E-state index contributed by atoms with van der Waals surface area (Å²) in [7, 11) is 0. The van der Waals surface area contributed by atoms with Crippen LogP contribution >= 0.6 is 11.8 Å². The number of carbonyl (C=O) groups is 1. The Morgan fingerprint density at radius 2 is 1.85 bits per heavy atom. The number of hydrogen-bond acceptors (Lipinski definition) is 4. The van der Waals surface area contributed by atoms with E-state index in [-0.39, 0.29) is 28.1 Å². The predicted molar refractivity (Wildman–Crippen MR) is 104 cm³/mol. The van der Waals surface area contributed by atoms with Gasteiger partial charge in [0.2, 0.25) is 5.91 Å². The van der Waals surface area contributed by atoms with Crippen LogP contribution in [0.1, 0.15) is 5.56 Å². The Kier molecular flexibility index (Phi) is 6.38. The number of aromatic nitrogens is 2. The molecule has 0 aliphatic heterocycles. The van der Waals surface area contributed by atoms with E-state index in [9.17, 15) is 14.0 Å². The monoisotopic (exact) mass is 383 g/mol. The maximum atomic E-state index is 13.1. The summed E-state index contributed by atoms with van der Waals surface area (Å²) < 4.78 is 14.4. The van der Waals surface area contributed by atoms with Gasteiger partial charge >= 0.3 is 0 Å². The average Bonchev–Trinajstić information content (AvgIpc) is 2.69. The maximum Gasteiger partial charge on any atom is 0.287 e. The highest BCUT2D eigenvalue weighted by Crippen LogP contribution is 2.12. The van der Waals surface area contributed by atoms with Crippen molar-refractivity contribution in [1.82, 2.24) is 14.9 Å². The van der Waals surface area contributed by atoms with Crippen molar-refractivity contribution in [2.75, 3.05) is 12.3 Å². The molecule has 1 N–H and O–H groups in total. The van der Waals surface area contributed by atoms with Crippen molar-refractivity contribution >= 4 is 17.7 Å². The quantitative estimate of drug-likeness (QED) is 0.638. The van der Waals surface area contributed by atoms with E-state index < -0.39 is 0 Å². The van der Waals surface area contributed by atoms with Crippen molar-refractivity contribution < 1.29 is 9.18 Å². The lowest BCUT2D eigenvalue weighted by Crippen LogP contribution is -2.28. The van der Waals surface area contributed by atoms with Crippen LogP contribution in [0.5, 0.6) is 0 Å². The molecule has 2 aromatic carbocycles. The molecule has 138 valence electrons. The molecule has 3 aromatic rings. The summed E-state index contributed by atoms with van der Waals surface area (Å²) in [5, 5.41) is 3.06. The first kappa shape index (κ1) is 18.8. The number of rotatable bonds is 7. The molecule has 3 rings (SSSR count). The molecule has 1 amide bonds. The minimum Gasteiger partial charge on any atom is -0.355 e. The van der Waals surface area contributed by atoms with Crippen molar-refractivity contribution in [2.24, 2.45) is 0 Å². The van der Waals surface area contributed by atoms with Gasteiger partial charge in [0.15, 0.2) is 5.03 Å². The Morgan fingerprint density at radius 1 is 1.11 bits per heavy atom. The summed E-state index contributed by atoms with van der Waals surface area (Å²) in [5.74, 6) is -0.429. The van der Waals surface area contributed by atoms with Crippen LogP contribution in [-0.4, -0.2) is 27.8 Å². The molecule has 0 bridgehead atoms. The Bertz CT molecular complexity index is 959. The molecule has 0 atom stereocenters. The van der Waals surface area contributed by atoms with E-state index in [1.54, 1.807) is 0 Å². The van der Waals surface area contributed by atoms with E-state index >= 15 is 0 Å². The largest absolute Gasteiger partial charge is 0.355 e. The van der Waals surface area contributed by atoms with Crippen LogP contribution in [0.15, 0.2) is 76.8 Å². The van der Waals surface area contributed by atoms with Gasteiger partial charge in [0.25, 0.3) is 5.56 Å². The molecule has 0 aliphatic carbocycles. The summed E-state index contributed by atoms with van der Waals surface area (Å²) in [6.45, 7) is 0.533. The Hall–Kier alpha value is -2.93. The molecule has 0 unspecified atom stereocenters. The first-order valence-corrected chi connectivity index (χ1v) is 9.39. The van der Waals surface area contributed by atoms with Crippen molar-refractivity contribution in [3.05, 3.63) is 88.7 Å². The zero-order valence-electron chi connectivity index (χ0n) is 14.5. The summed E-state index contributed by atoms with van der Waals surface area (Å²) in [4.78, 5) is 28.6. The zero-order valence-corrected chi connectivity index (χ0v) is 15.3. The van der Waals surface area contributed by atoms with Gasteiger partial charge < -0.3 is 5.32 Å². The van der Waals surface area contributed by atoms with Crippen molar-refractivity contribution in [2.45, 2.75) is 11.4 Å². The lowest BCUT2D eigenvalue weighted by molar-refractivity contribution is -0.118. The minimum absolute atomic E-state index is 0.102. The van der Waals surface area contributed by atoms with Gasteiger partial charge in [-0.3, -0.25) is 14.2 Å². The van der Waals surface area contributed by atoms with Crippen LogP contribution in [0.3, 0.4) is 0 Å². The molecule has 5 nitrogen and oxygen atoms in total. The topological polar surface area (TPSA) is 64.0 Å². The van der Waals surface area contributed by atoms with E-state index in [0.29, 0.717) is 12.2 Å². The van der Waals surface area contributed by atoms with Crippen LogP contribution < -0.4 is 10.9 Å². The molecular formula is C20H18FN3O2S. The minimum atomic E-state index is -0.373. The highest BCUT2D eigenvalue weighted by molar-refractivity contribution is 7.99. The van der Waals surface area contributed by atoms with E-state index in [1.807, 2.05) is 30.3 Å². The molecule has 7 heteroatoms. The van der Waals surface area contributed by atoms with Crippen molar-refractivity contribution in [1.29, 1.82) is 0 Å². The SMILES string of the molecule is O=C(CSc1nccn(-c2ccc(F)cc2)c1=O)NCCc1ccccc1. The molecule has 0 spiro atoms. The molecule has 0 fully saturated rings. The van der Waals surface area contributed by atoms with Gasteiger partial charge in [0.05, 0.1) is 5.75 Å². The number of carbonyl (C=O) groups excluding carboxylic acids is 1. The fourth-order valence-corrected chi connectivity index (χ4v) is 3.20. The van der Waals surface area contributed by atoms with E-state index in [0.717, 1.165) is 23.7 Å². The van der Waals surface area contributed by atoms with Gasteiger partial charge in [-0.2, -0.15) is 0 Å². The smallest absolute Gasteiger partial charge is 0.287 e. The molecule has 0 saturated heterocycles. The normalized spacial score (nSPS) is 10.6. The van der Waals surface area contributed by atoms with Crippen LogP contribution in [0.25, 0.3) is 5.69 Å². The Morgan fingerprint density at radius 3 is 2.59 bits per heavy atom. The van der Waals surface area contributed by atoms with Crippen molar-refractivity contribution in [3.8, 4) is 5.69 Å². The van der Waals surface area contributed by atoms with Crippen LogP contribution in [0.2, 0.25) is 0 Å². The van der Waals surface area contributed by atoms with Gasteiger partial charge in [-0.05, 0) is 36.2 Å². The summed E-state index contributed by atoms with van der Waals surface area (Å²) in [6, 6.07) is 15.5. The molecule has 0 saturated carbocycles. The van der Waals surface area contributed by atoms with Crippen molar-refractivity contribution in [3.63, 3.8) is 0 Å². The molecule has 0 radical (unpaired) electrons. The second kappa shape index (κ2) is 9.14. The maximum absolute atomic E-state index is 13.1. The standard InChI is InChI=1S/C20H18FN3O2S/c21-16-6-8-17(9-7-16)24-13-12-23-19(20(24)26)27-14-18(25)22-11-10-15-4-2-1-3-5-15/h1-9,12-13H,10-11,14H2,(H,22,25). The third kappa shape index (κ3) is 5.27. The zero-order chi connectivity index (χ0) is 19.1. The average molecular weight is 383 g/mol. The molecule has 0 aliphatic rings. The molecule has 1 aromatic heterocycles. The number of halogens is 1. The summed E-state index contributed by atoms with van der Waals surface area (Å²) in [6.07, 6.45) is 3.75. The number of benzene rings is 2. The predicted octanol–water partition coefficient (Wildman–Crippen LogP) is 2.82. The summed E-state index contributed by atoms with van der Waals surface area (Å²) in [5.41, 5.74) is 1.35. The lowest BCUT2D eigenvalue weighted by Gasteiger charge is -2.08. The third-order valence-corrected chi connectivity index (χ3v) is 4.79. The first-order chi connectivity index (χ1) is 13.1. The van der Waals surface area contributed by atoms with Crippen LogP contribution in [0.4, 0.5) is 4.39 Å². The Balaban J connectivity index is 1.56. The van der Waals surface area contributed by atoms with E-state index in [4.69, 9.17) is 0 Å². The van der Waals surface area contributed by atoms with Crippen LogP contribution in [0, 0.1) is 5.82 Å². The molecule has 27 heavy (non-hydrogen) atoms. The highest BCUT2D eigenvalue weighted by atomic mass is 32.2.